The molecule has 0 aliphatic rings. The van der Waals surface area contributed by atoms with Crippen molar-refractivity contribution in [1.29, 1.82) is 0 Å². The molecule has 1 aromatic carbocycles. The van der Waals surface area contributed by atoms with E-state index in [-0.39, 0.29) is 5.88 Å². The van der Waals surface area contributed by atoms with Gasteiger partial charge in [-0.25, -0.2) is 0 Å². The number of anilines is 1. The number of aliphatic hydroxyl groups is 2. The smallest absolute Gasteiger partial charge is 0.109 e. The summed E-state index contributed by atoms with van der Waals surface area (Å²) in [5, 5.41) is 19.3. The van der Waals surface area contributed by atoms with Gasteiger partial charge in [0.05, 0.1) is 12.0 Å². The van der Waals surface area contributed by atoms with Crippen LogP contribution in [0.2, 0.25) is 5.02 Å². The van der Waals surface area contributed by atoms with Crippen LogP contribution in [-0.4, -0.2) is 22.2 Å². The molecule has 0 bridgehead atoms. The summed E-state index contributed by atoms with van der Waals surface area (Å²) in [5.74, 6) is -0.0775. The van der Waals surface area contributed by atoms with Crippen LogP contribution in [0.1, 0.15) is 11.7 Å². The zero-order valence-electron chi connectivity index (χ0n) is 7.32. The topological polar surface area (TPSA) is 66.5 Å². The van der Waals surface area contributed by atoms with Crippen molar-refractivity contribution in [2.45, 2.75) is 12.2 Å². The standard InChI is InChI=1S/C9H11Cl2NO2/c10-4-7(13)9(14)8-5(11)2-1-3-6(8)12/h1-3,7,9,13-14H,4,12H2. The highest BCUT2D eigenvalue weighted by Crippen LogP contribution is 2.30. The largest absolute Gasteiger partial charge is 0.398 e. The molecule has 78 valence electrons. The second kappa shape index (κ2) is 4.84. The Labute approximate surface area is 92.1 Å². The Bertz CT molecular complexity index is 299. The molecule has 0 spiro atoms. The Kier molecular flexibility index (Phi) is 4.01. The second-order valence-corrected chi connectivity index (χ2v) is 3.63. The predicted molar refractivity (Wildman–Crippen MR) is 57.6 cm³/mol. The first-order valence-electron chi connectivity index (χ1n) is 4.04. The minimum atomic E-state index is -1.15. The fourth-order valence-electron chi connectivity index (χ4n) is 1.14. The Balaban J connectivity index is 3.05. The maximum Gasteiger partial charge on any atom is 0.109 e. The molecule has 1 aromatic rings. The molecule has 0 aromatic heterocycles. The van der Waals surface area contributed by atoms with Gasteiger partial charge in [0.2, 0.25) is 0 Å². The van der Waals surface area contributed by atoms with E-state index in [1.54, 1.807) is 18.2 Å². The molecular weight excluding hydrogens is 225 g/mol. The Morgan fingerprint density at radius 2 is 2.00 bits per heavy atom. The van der Waals surface area contributed by atoms with Crippen molar-refractivity contribution >= 4 is 28.9 Å². The van der Waals surface area contributed by atoms with Crippen LogP contribution in [-0.2, 0) is 0 Å². The number of aliphatic hydroxyl groups excluding tert-OH is 2. The summed E-state index contributed by atoms with van der Waals surface area (Å²) in [7, 11) is 0. The van der Waals surface area contributed by atoms with Crippen molar-refractivity contribution in [2.75, 3.05) is 11.6 Å². The molecule has 1 rings (SSSR count). The predicted octanol–water partition coefficient (Wildman–Crippen LogP) is 1.56. The molecule has 14 heavy (non-hydrogen) atoms. The van der Waals surface area contributed by atoms with Crippen molar-refractivity contribution < 1.29 is 10.2 Å². The zero-order chi connectivity index (χ0) is 10.7. The fraction of sp³-hybridized carbons (Fsp3) is 0.333. The van der Waals surface area contributed by atoms with E-state index < -0.39 is 12.2 Å². The lowest BCUT2D eigenvalue weighted by Crippen LogP contribution is -2.21. The molecule has 0 aliphatic heterocycles. The Hall–Kier alpha value is -0.480. The normalized spacial score (nSPS) is 15.1. The van der Waals surface area contributed by atoms with Crippen LogP contribution < -0.4 is 5.73 Å². The molecule has 2 unspecified atom stereocenters. The third kappa shape index (κ3) is 2.30. The van der Waals surface area contributed by atoms with E-state index in [4.69, 9.17) is 28.9 Å². The van der Waals surface area contributed by atoms with Gasteiger partial charge in [-0.1, -0.05) is 17.7 Å². The van der Waals surface area contributed by atoms with Gasteiger partial charge in [-0.05, 0) is 12.1 Å². The van der Waals surface area contributed by atoms with Gasteiger partial charge in [-0.2, -0.15) is 0 Å². The lowest BCUT2D eigenvalue weighted by molar-refractivity contribution is 0.0332. The molecule has 2 atom stereocenters. The van der Waals surface area contributed by atoms with Gasteiger partial charge >= 0.3 is 0 Å². The molecular formula is C9H11Cl2NO2. The van der Waals surface area contributed by atoms with E-state index in [1.807, 2.05) is 0 Å². The van der Waals surface area contributed by atoms with Gasteiger partial charge in [0.1, 0.15) is 6.10 Å². The molecule has 3 nitrogen and oxygen atoms in total. The number of halogens is 2. The quantitative estimate of drug-likeness (QED) is 0.551. The summed E-state index contributed by atoms with van der Waals surface area (Å²) in [4.78, 5) is 0. The number of benzene rings is 1. The van der Waals surface area contributed by atoms with E-state index in [2.05, 4.69) is 0 Å². The molecule has 0 aliphatic carbocycles. The minimum absolute atomic E-state index is 0.0775. The highest BCUT2D eigenvalue weighted by molar-refractivity contribution is 6.31. The lowest BCUT2D eigenvalue weighted by atomic mass is 10.0. The average molecular weight is 236 g/mol. The molecule has 0 saturated heterocycles. The highest BCUT2D eigenvalue weighted by atomic mass is 35.5. The summed E-state index contributed by atoms with van der Waals surface area (Å²) in [6.07, 6.45) is -2.22. The number of nitrogen functional groups attached to an aromatic ring is 1. The first kappa shape index (κ1) is 11.6. The first-order valence-corrected chi connectivity index (χ1v) is 4.95. The van der Waals surface area contributed by atoms with E-state index >= 15 is 0 Å². The third-order valence-electron chi connectivity index (χ3n) is 1.90. The van der Waals surface area contributed by atoms with Gasteiger partial charge in [-0.15, -0.1) is 11.6 Å². The maximum atomic E-state index is 9.65. The molecule has 0 radical (unpaired) electrons. The van der Waals surface area contributed by atoms with Crippen LogP contribution in [0.15, 0.2) is 18.2 Å². The van der Waals surface area contributed by atoms with Crippen LogP contribution in [0.5, 0.6) is 0 Å². The fourth-order valence-corrected chi connectivity index (χ4v) is 1.60. The van der Waals surface area contributed by atoms with Crippen LogP contribution in [0.4, 0.5) is 5.69 Å². The van der Waals surface area contributed by atoms with Crippen LogP contribution in [0.3, 0.4) is 0 Å². The van der Waals surface area contributed by atoms with Crippen molar-refractivity contribution in [2.24, 2.45) is 0 Å². The van der Waals surface area contributed by atoms with E-state index in [9.17, 15) is 10.2 Å². The molecule has 4 N–H and O–H groups in total. The zero-order valence-corrected chi connectivity index (χ0v) is 8.83. The number of hydrogen-bond acceptors (Lipinski definition) is 3. The van der Waals surface area contributed by atoms with Crippen molar-refractivity contribution in [3.63, 3.8) is 0 Å². The Morgan fingerprint density at radius 3 is 2.50 bits per heavy atom. The van der Waals surface area contributed by atoms with Crippen LogP contribution >= 0.6 is 23.2 Å². The maximum absolute atomic E-state index is 9.65. The van der Waals surface area contributed by atoms with Gasteiger partial charge in [-0.3, -0.25) is 0 Å². The van der Waals surface area contributed by atoms with Crippen molar-refractivity contribution in [3.05, 3.63) is 28.8 Å². The van der Waals surface area contributed by atoms with Gasteiger partial charge < -0.3 is 15.9 Å². The highest BCUT2D eigenvalue weighted by Gasteiger charge is 2.21. The third-order valence-corrected chi connectivity index (χ3v) is 2.55. The van der Waals surface area contributed by atoms with E-state index in [0.29, 0.717) is 16.3 Å². The summed E-state index contributed by atoms with van der Waals surface area (Å²) in [6.45, 7) is 0. The van der Waals surface area contributed by atoms with Crippen molar-refractivity contribution in [3.8, 4) is 0 Å². The summed E-state index contributed by atoms with van der Waals surface area (Å²) >= 11 is 11.2. The Morgan fingerprint density at radius 1 is 1.36 bits per heavy atom. The number of rotatable bonds is 3. The van der Waals surface area contributed by atoms with E-state index in [1.165, 1.54) is 0 Å². The lowest BCUT2D eigenvalue weighted by Gasteiger charge is -2.18. The SMILES string of the molecule is Nc1cccc(Cl)c1C(O)C(O)CCl. The number of alkyl halides is 1. The number of hydrogen-bond donors (Lipinski definition) is 3. The minimum Gasteiger partial charge on any atom is -0.398 e. The molecule has 0 heterocycles. The monoisotopic (exact) mass is 235 g/mol. The van der Waals surface area contributed by atoms with Gasteiger partial charge in [0, 0.05) is 16.3 Å². The van der Waals surface area contributed by atoms with E-state index in [0.717, 1.165) is 0 Å². The van der Waals surface area contributed by atoms with Crippen LogP contribution in [0, 0.1) is 0 Å². The second-order valence-electron chi connectivity index (χ2n) is 2.91. The van der Waals surface area contributed by atoms with Crippen molar-refractivity contribution in [1.82, 2.24) is 0 Å². The van der Waals surface area contributed by atoms with Gasteiger partial charge in [0.25, 0.3) is 0 Å². The molecule has 0 fully saturated rings. The van der Waals surface area contributed by atoms with Gasteiger partial charge in [0.15, 0.2) is 0 Å². The van der Waals surface area contributed by atoms with Crippen LogP contribution in [0.25, 0.3) is 0 Å². The molecule has 0 amide bonds. The summed E-state index contributed by atoms with van der Waals surface area (Å²) in [6, 6.07) is 4.86. The summed E-state index contributed by atoms with van der Waals surface area (Å²) in [5.41, 5.74) is 6.28. The molecule has 0 saturated carbocycles. The molecule has 5 heteroatoms. The first-order chi connectivity index (χ1) is 6.57. The summed E-state index contributed by atoms with van der Waals surface area (Å²) < 4.78 is 0. The average Bonchev–Trinajstić information content (AvgIpc) is 2.16. The number of nitrogens with two attached hydrogens (primary N) is 1.